The average Bonchev–Trinajstić information content (AvgIpc) is 2.72. The first-order valence-electron chi connectivity index (χ1n) is 5.06. The van der Waals surface area contributed by atoms with Gasteiger partial charge in [-0.2, -0.15) is 5.26 Å². The van der Waals surface area contributed by atoms with Gasteiger partial charge in [-0.1, -0.05) is 6.07 Å². The van der Waals surface area contributed by atoms with Gasteiger partial charge in [-0.3, -0.25) is 0 Å². The second-order valence-electron chi connectivity index (χ2n) is 3.57. The Labute approximate surface area is 99.2 Å². The standard InChI is InChI=1S/C13H12N2S/c1-10-5-6-16-13(10)9-15-12-4-2-3-11(7-12)8-14/h2-7,15H,9H2,1H3. The van der Waals surface area contributed by atoms with Gasteiger partial charge in [0.2, 0.25) is 0 Å². The molecule has 16 heavy (non-hydrogen) atoms. The minimum absolute atomic E-state index is 0.688. The van der Waals surface area contributed by atoms with Crippen LogP contribution < -0.4 is 5.32 Å². The molecule has 80 valence electrons. The van der Waals surface area contributed by atoms with E-state index < -0.39 is 0 Å². The fourth-order valence-corrected chi connectivity index (χ4v) is 2.31. The molecule has 0 aliphatic rings. The summed E-state index contributed by atoms with van der Waals surface area (Å²) in [5.74, 6) is 0. The highest BCUT2D eigenvalue weighted by atomic mass is 32.1. The van der Waals surface area contributed by atoms with Gasteiger partial charge in [0.1, 0.15) is 0 Å². The molecule has 0 radical (unpaired) electrons. The van der Waals surface area contributed by atoms with Crippen molar-refractivity contribution in [3.05, 3.63) is 51.7 Å². The zero-order chi connectivity index (χ0) is 11.4. The molecule has 1 N–H and O–H groups in total. The van der Waals surface area contributed by atoms with E-state index in [2.05, 4.69) is 29.8 Å². The zero-order valence-electron chi connectivity index (χ0n) is 9.03. The zero-order valence-corrected chi connectivity index (χ0v) is 9.84. The van der Waals surface area contributed by atoms with Crippen molar-refractivity contribution in [2.24, 2.45) is 0 Å². The Bertz CT molecular complexity index is 523. The Hall–Kier alpha value is -1.79. The molecule has 1 aromatic carbocycles. The van der Waals surface area contributed by atoms with Crippen LogP contribution in [-0.4, -0.2) is 0 Å². The third-order valence-electron chi connectivity index (χ3n) is 2.41. The number of aryl methyl sites for hydroxylation is 1. The molecule has 2 rings (SSSR count). The quantitative estimate of drug-likeness (QED) is 0.872. The van der Waals surface area contributed by atoms with Crippen LogP contribution in [0.2, 0.25) is 0 Å². The van der Waals surface area contributed by atoms with Crippen molar-refractivity contribution in [3.8, 4) is 6.07 Å². The Morgan fingerprint density at radius 1 is 1.38 bits per heavy atom. The maximum atomic E-state index is 8.78. The number of benzene rings is 1. The van der Waals surface area contributed by atoms with E-state index in [1.54, 1.807) is 11.3 Å². The number of nitrogens with zero attached hydrogens (tertiary/aromatic N) is 1. The second-order valence-corrected chi connectivity index (χ2v) is 4.57. The molecule has 0 bridgehead atoms. The minimum atomic E-state index is 0.688. The Balaban J connectivity index is 2.05. The number of nitriles is 1. The van der Waals surface area contributed by atoms with Crippen LogP contribution in [0, 0.1) is 18.3 Å². The molecule has 1 heterocycles. The molecule has 0 aliphatic heterocycles. The first kappa shape index (κ1) is 10.7. The van der Waals surface area contributed by atoms with Crippen LogP contribution >= 0.6 is 11.3 Å². The molecule has 0 unspecified atom stereocenters. The number of rotatable bonds is 3. The summed E-state index contributed by atoms with van der Waals surface area (Å²) >= 11 is 1.75. The second kappa shape index (κ2) is 4.82. The van der Waals surface area contributed by atoms with Crippen LogP contribution in [-0.2, 0) is 6.54 Å². The number of anilines is 1. The molecule has 0 spiro atoms. The number of hydrogen-bond acceptors (Lipinski definition) is 3. The lowest BCUT2D eigenvalue weighted by molar-refractivity contribution is 1.17. The highest BCUT2D eigenvalue weighted by molar-refractivity contribution is 7.10. The van der Waals surface area contributed by atoms with Crippen molar-refractivity contribution in [1.82, 2.24) is 0 Å². The summed E-state index contributed by atoms with van der Waals surface area (Å²) in [7, 11) is 0. The highest BCUT2D eigenvalue weighted by Crippen LogP contribution is 2.18. The predicted molar refractivity (Wildman–Crippen MR) is 67.5 cm³/mol. The highest BCUT2D eigenvalue weighted by Gasteiger charge is 1.99. The number of nitrogens with one attached hydrogen (secondary N) is 1. The molecular weight excluding hydrogens is 216 g/mol. The summed E-state index contributed by atoms with van der Waals surface area (Å²) < 4.78 is 0. The van der Waals surface area contributed by atoms with Crippen molar-refractivity contribution in [3.63, 3.8) is 0 Å². The van der Waals surface area contributed by atoms with Crippen molar-refractivity contribution >= 4 is 17.0 Å². The number of thiophene rings is 1. The fourth-order valence-electron chi connectivity index (χ4n) is 1.47. The molecule has 2 aromatic rings. The molecular formula is C13H12N2S. The average molecular weight is 228 g/mol. The van der Waals surface area contributed by atoms with E-state index in [0.717, 1.165) is 12.2 Å². The van der Waals surface area contributed by atoms with Crippen LogP contribution in [0.25, 0.3) is 0 Å². The Morgan fingerprint density at radius 3 is 2.94 bits per heavy atom. The van der Waals surface area contributed by atoms with Crippen LogP contribution in [0.1, 0.15) is 16.0 Å². The van der Waals surface area contributed by atoms with Gasteiger partial charge in [-0.25, -0.2) is 0 Å². The summed E-state index contributed by atoms with van der Waals surface area (Å²) in [4.78, 5) is 1.34. The van der Waals surface area contributed by atoms with Gasteiger partial charge in [0.25, 0.3) is 0 Å². The third kappa shape index (κ3) is 2.41. The monoisotopic (exact) mass is 228 g/mol. The maximum absolute atomic E-state index is 8.78. The lowest BCUT2D eigenvalue weighted by Crippen LogP contribution is -1.98. The van der Waals surface area contributed by atoms with Crippen molar-refractivity contribution in [2.45, 2.75) is 13.5 Å². The van der Waals surface area contributed by atoms with Crippen molar-refractivity contribution in [1.29, 1.82) is 5.26 Å². The van der Waals surface area contributed by atoms with Gasteiger partial charge < -0.3 is 5.32 Å². The molecule has 1 aromatic heterocycles. The van der Waals surface area contributed by atoms with Gasteiger partial charge >= 0.3 is 0 Å². The van der Waals surface area contributed by atoms with E-state index >= 15 is 0 Å². The van der Waals surface area contributed by atoms with E-state index in [1.165, 1.54) is 10.4 Å². The van der Waals surface area contributed by atoms with Crippen molar-refractivity contribution < 1.29 is 0 Å². The third-order valence-corrected chi connectivity index (χ3v) is 3.44. The first-order valence-corrected chi connectivity index (χ1v) is 5.94. The molecule has 0 amide bonds. The summed E-state index contributed by atoms with van der Waals surface area (Å²) in [6.45, 7) is 2.93. The fraction of sp³-hybridized carbons (Fsp3) is 0.154. The Morgan fingerprint density at radius 2 is 2.25 bits per heavy atom. The van der Waals surface area contributed by atoms with E-state index in [1.807, 2.05) is 24.3 Å². The number of hydrogen-bond donors (Lipinski definition) is 1. The summed E-state index contributed by atoms with van der Waals surface area (Å²) in [6, 6.07) is 11.8. The maximum Gasteiger partial charge on any atom is 0.0992 e. The molecule has 0 saturated heterocycles. The van der Waals surface area contributed by atoms with Gasteiger partial charge in [-0.15, -0.1) is 11.3 Å². The molecule has 2 nitrogen and oxygen atoms in total. The summed E-state index contributed by atoms with van der Waals surface area (Å²) in [5.41, 5.74) is 2.99. The Kier molecular flexibility index (Phi) is 3.23. The van der Waals surface area contributed by atoms with Gasteiger partial charge in [0.15, 0.2) is 0 Å². The molecule has 0 atom stereocenters. The topological polar surface area (TPSA) is 35.8 Å². The first-order chi connectivity index (χ1) is 7.79. The summed E-state index contributed by atoms with van der Waals surface area (Å²) in [6.07, 6.45) is 0. The minimum Gasteiger partial charge on any atom is -0.380 e. The molecule has 0 aliphatic carbocycles. The lowest BCUT2D eigenvalue weighted by atomic mass is 10.2. The smallest absolute Gasteiger partial charge is 0.0992 e. The molecule has 0 saturated carbocycles. The molecule has 0 fully saturated rings. The van der Waals surface area contributed by atoms with E-state index in [9.17, 15) is 0 Å². The van der Waals surface area contributed by atoms with Crippen LogP contribution in [0.3, 0.4) is 0 Å². The van der Waals surface area contributed by atoms with E-state index in [4.69, 9.17) is 5.26 Å². The van der Waals surface area contributed by atoms with E-state index in [-0.39, 0.29) is 0 Å². The van der Waals surface area contributed by atoms with Crippen LogP contribution in [0.15, 0.2) is 35.7 Å². The van der Waals surface area contributed by atoms with Crippen molar-refractivity contribution in [2.75, 3.05) is 5.32 Å². The lowest BCUT2D eigenvalue weighted by Gasteiger charge is -2.05. The van der Waals surface area contributed by atoms with Gasteiger partial charge in [0, 0.05) is 17.1 Å². The largest absolute Gasteiger partial charge is 0.380 e. The van der Waals surface area contributed by atoms with Crippen LogP contribution in [0.4, 0.5) is 5.69 Å². The van der Waals surface area contributed by atoms with Crippen LogP contribution in [0.5, 0.6) is 0 Å². The normalized spacial score (nSPS) is 9.75. The predicted octanol–water partition coefficient (Wildman–Crippen LogP) is 3.54. The summed E-state index contributed by atoms with van der Waals surface area (Å²) in [5, 5.41) is 14.2. The SMILES string of the molecule is Cc1ccsc1CNc1cccc(C#N)c1. The molecule has 3 heteroatoms. The van der Waals surface area contributed by atoms with Gasteiger partial charge in [0.05, 0.1) is 11.6 Å². The van der Waals surface area contributed by atoms with E-state index in [0.29, 0.717) is 5.56 Å². The van der Waals surface area contributed by atoms with Gasteiger partial charge in [-0.05, 0) is 42.1 Å².